The molecule has 0 atom stereocenters. The maximum absolute atomic E-state index is 14.1. The Bertz CT molecular complexity index is 1620. The van der Waals surface area contributed by atoms with Crippen molar-refractivity contribution in [2.75, 3.05) is 7.11 Å². The molecule has 194 valence electrons. The number of carbonyl (C=O) groups excluding carboxylic acids is 1. The Balaban J connectivity index is 1.63. The summed E-state index contributed by atoms with van der Waals surface area (Å²) in [5.74, 6) is -0.0441. The van der Waals surface area contributed by atoms with E-state index in [0.717, 1.165) is 21.0 Å². The average molecular weight is 550 g/mol. The number of thioether (sulfide) groups is 1. The van der Waals surface area contributed by atoms with Gasteiger partial charge in [0, 0.05) is 28.9 Å². The molecule has 2 aromatic carbocycles. The molecule has 0 amide bonds. The van der Waals surface area contributed by atoms with Crippen LogP contribution in [0.3, 0.4) is 0 Å². The zero-order chi connectivity index (χ0) is 27.0. The summed E-state index contributed by atoms with van der Waals surface area (Å²) in [7, 11) is 1.31. The van der Waals surface area contributed by atoms with Gasteiger partial charge in [0.2, 0.25) is 16.9 Å². The lowest BCUT2D eigenvalue weighted by Crippen LogP contribution is -2.11. The quantitative estimate of drug-likeness (QED) is 0.162. The van der Waals surface area contributed by atoms with Crippen molar-refractivity contribution in [1.29, 1.82) is 0 Å². The first kappa shape index (κ1) is 25.8. The molecule has 0 bridgehead atoms. The zero-order valence-corrected chi connectivity index (χ0v) is 23.0. The highest BCUT2D eigenvalue weighted by Crippen LogP contribution is 2.41. The first-order valence-electron chi connectivity index (χ1n) is 11.8. The summed E-state index contributed by atoms with van der Waals surface area (Å²) in [4.78, 5) is 17.9. The number of carbonyl (C=O) groups is 1. The van der Waals surface area contributed by atoms with E-state index in [9.17, 15) is 9.18 Å². The fourth-order valence-corrected chi connectivity index (χ4v) is 6.46. The van der Waals surface area contributed by atoms with Crippen molar-refractivity contribution in [3.63, 3.8) is 0 Å². The van der Waals surface area contributed by atoms with E-state index in [4.69, 9.17) is 14.1 Å². The van der Waals surface area contributed by atoms with Gasteiger partial charge in [-0.05, 0) is 36.8 Å². The number of thiazole rings is 1. The van der Waals surface area contributed by atoms with Gasteiger partial charge in [0.25, 0.3) is 0 Å². The molecule has 5 rings (SSSR count). The van der Waals surface area contributed by atoms with Crippen molar-refractivity contribution in [3.05, 3.63) is 71.6 Å². The zero-order valence-electron chi connectivity index (χ0n) is 21.4. The second-order valence-electron chi connectivity index (χ2n) is 8.73. The first-order valence-corrected chi connectivity index (χ1v) is 13.5. The minimum Gasteiger partial charge on any atom is -0.464 e. The van der Waals surface area contributed by atoms with Crippen molar-refractivity contribution < 1.29 is 18.3 Å². The van der Waals surface area contributed by atoms with Gasteiger partial charge in [0.15, 0.2) is 5.69 Å². The second-order valence-corrected chi connectivity index (χ2v) is 11.5. The third-order valence-electron chi connectivity index (χ3n) is 5.59. The molecule has 0 N–H and O–H groups in total. The molecule has 0 aliphatic carbocycles. The predicted octanol–water partition coefficient (Wildman–Crippen LogP) is 6.76. The van der Waals surface area contributed by atoms with Crippen LogP contribution >= 0.6 is 23.1 Å². The Hall–Kier alpha value is -3.83. The third-order valence-corrected chi connectivity index (χ3v) is 7.84. The average Bonchev–Trinajstić information content (AvgIpc) is 3.60. The topological polar surface area (TPSA) is 95.9 Å². The Morgan fingerprint density at radius 3 is 2.45 bits per heavy atom. The second kappa shape index (κ2) is 10.5. The number of benzene rings is 2. The molecule has 0 radical (unpaired) electrons. The van der Waals surface area contributed by atoms with Gasteiger partial charge in [-0.1, -0.05) is 49.4 Å². The summed E-state index contributed by atoms with van der Waals surface area (Å²) in [6, 6.07) is 13.8. The van der Waals surface area contributed by atoms with Crippen molar-refractivity contribution in [1.82, 2.24) is 25.0 Å². The summed E-state index contributed by atoms with van der Waals surface area (Å²) in [6.45, 7) is 7.74. The van der Waals surface area contributed by atoms with E-state index < -0.39 is 11.8 Å². The number of rotatable bonds is 7. The van der Waals surface area contributed by atoms with Crippen LogP contribution in [0.2, 0.25) is 0 Å². The van der Waals surface area contributed by atoms with Crippen molar-refractivity contribution in [3.8, 4) is 39.0 Å². The normalized spacial score (nSPS) is 11.3. The lowest BCUT2D eigenvalue weighted by atomic mass is 10.0. The van der Waals surface area contributed by atoms with Gasteiger partial charge in [0.1, 0.15) is 5.82 Å². The minimum atomic E-state index is -0.584. The smallest absolute Gasteiger partial charge is 0.357 e. The molecule has 0 spiro atoms. The predicted molar refractivity (Wildman–Crippen MR) is 145 cm³/mol. The summed E-state index contributed by atoms with van der Waals surface area (Å²) < 4.78 is 27.2. The van der Waals surface area contributed by atoms with Crippen molar-refractivity contribution >= 4 is 29.1 Å². The molecular formula is C27H24FN5O3S2. The van der Waals surface area contributed by atoms with E-state index in [-0.39, 0.29) is 5.69 Å². The summed E-state index contributed by atoms with van der Waals surface area (Å²) in [6.07, 6.45) is 0. The van der Waals surface area contributed by atoms with E-state index in [1.54, 1.807) is 37.7 Å². The molecular weight excluding hydrogens is 525 g/mol. The number of ether oxygens (including phenoxy) is 1. The molecule has 38 heavy (non-hydrogen) atoms. The van der Waals surface area contributed by atoms with Gasteiger partial charge in [-0.2, -0.15) is 9.78 Å². The van der Waals surface area contributed by atoms with Gasteiger partial charge in [-0.15, -0.1) is 22.0 Å². The SMILES string of the molecule is COC(=O)c1c(-c2cccc(F)c2)c(C)nn1-c1nc(-c2ccc(-c3nnc(C)o3)cc2)c(SC(C)C)s1. The number of nitrogens with zero attached hydrogens (tertiary/aromatic N) is 5. The van der Waals surface area contributed by atoms with Crippen molar-refractivity contribution in [2.45, 2.75) is 37.2 Å². The van der Waals surface area contributed by atoms with Gasteiger partial charge < -0.3 is 9.15 Å². The highest BCUT2D eigenvalue weighted by atomic mass is 32.2. The third kappa shape index (κ3) is 4.99. The molecule has 0 saturated carbocycles. The molecule has 0 unspecified atom stereocenters. The number of aromatic nitrogens is 5. The van der Waals surface area contributed by atoms with Crippen LogP contribution in [-0.4, -0.2) is 43.3 Å². The number of esters is 1. The maximum Gasteiger partial charge on any atom is 0.357 e. The van der Waals surface area contributed by atoms with Crippen LogP contribution in [0.5, 0.6) is 0 Å². The van der Waals surface area contributed by atoms with Crippen LogP contribution in [0.25, 0.3) is 39.0 Å². The summed E-state index contributed by atoms with van der Waals surface area (Å²) >= 11 is 3.11. The van der Waals surface area contributed by atoms with Gasteiger partial charge in [-0.3, -0.25) is 0 Å². The molecule has 5 aromatic rings. The highest BCUT2D eigenvalue weighted by molar-refractivity contribution is 8.01. The Kier molecular flexibility index (Phi) is 7.13. The monoisotopic (exact) mass is 549 g/mol. The first-order chi connectivity index (χ1) is 18.2. The molecule has 0 saturated heterocycles. The van der Waals surface area contributed by atoms with E-state index in [1.807, 2.05) is 24.3 Å². The minimum absolute atomic E-state index is 0.194. The number of hydrogen-bond acceptors (Lipinski definition) is 9. The number of methoxy groups -OCH3 is 1. The van der Waals surface area contributed by atoms with E-state index >= 15 is 0 Å². The van der Waals surface area contributed by atoms with Crippen LogP contribution < -0.4 is 0 Å². The fraction of sp³-hybridized carbons (Fsp3) is 0.222. The van der Waals surface area contributed by atoms with Gasteiger partial charge in [-0.25, -0.2) is 14.2 Å². The summed E-state index contributed by atoms with van der Waals surface area (Å²) in [5, 5.41) is 13.4. The molecule has 0 aliphatic rings. The molecule has 11 heteroatoms. The van der Waals surface area contributed by atoms with Crippen LogP contribution in [0.1, 0.15) is 35.9 Å². The van der Waals surface area contributed by atoms with Crippen LogP contribution in [0, 0.1) is 19.7 Å². The number of halogens is 1. The molecule has 0 aliphatic heterocycles. The molecule has 0 fully saturated rings. The largest absolute Gasteiger partial charge is 0.464 e. The Morgan fingerprint density at radius 2 is 1.82 bits per heavy atom. The molecule has 8 nitrogen and oxygen atoms in total. The maximum atomic E-state index is 14.1. The van der Waals surface area contributed by atoms with Crippen LogP contribution in [0.15, 0.2) is 57.2 Å². The van der Waals surface area contributed by atoms with Gasteiger partial charge in [0.05, 0.1) is 22.7 Å². The van der Waals surface area contributed by atoms with E-state index in [1.165, 1.54) is 35.3 Å². The van der Waals surface area contributed by atoms with Crippen LogP contribution in [-0.2, 0) is 4.74 Å². The highest BCUT2D eigenvalue weighted by Gasteiger charge is 2.27. The molecule has 3 heterocycles. The van der Waals surface area contributed by atoms with E-state index in [2.05, 4.69) is 29.1 Å². The number of hydrogen-bond donors (Lipinski definition) is 0. The van der Waals surface area contributed by atoms with Crippen LogP contribution in [0.4, 0.5) is 4.39 Å². The lowest BCUT2D eigenvalue weighted by Gasteiger charge is -2.06. The summed E-state index contributed by atoms with van der Waals surface area (Å²) in [5.41, 5.74) is 4.26. The Morgan fingerprint density at radius 1 is 1.08 bits per heavy atom. The van der Waals surface area contributed by atoms with Gasteiger partial charge >= 0.3 is 5.97 Å². The molecule has 3 aromatic heterocycles. The fourth-order valence-electron chi connectivity index (χ4n) is 3.99. The van der Waals surface area contributed by atoms with Crippen molar-refractivity contribution in [2.24, 2.45) is 0 Å². The Labute approximate surface area is 226 Å². The van der Waals surface area contributed by atoms with E-state index in [0.29, 0.717) is 39.0 Å². The number of aryl methyl sites for hydroxylation is 2. The lowest BCUT2D eigenvalue weighted by molar-refractivity contribution is 0.0591. The standard InChI is InChI=1S/C27H24FN5O3S2/c1-14(2)37-26-22(17-9-11-18(12-10-17)24-31-30-16(4)36-24)29-27(38-26)33-23(25(34)35-5)21(15(3)32-33)19-7-6-8-20(28)13-19/h6-14H,1-5H3.